The van der Waals surface area contributed by atoms with Gasteiger partial charge in [-0.05, 0) is 44.1 Å². The van der Waals surface area contributed by atoms with Crippen LogP contribution in [0.2, 0.25) is 0 Å². The Labute approximate surface area is 148 Å². The number of hydrogen-bond acceptors (Lipinski definition) is 4. The summed E-state index contributed by atoms with van der Waals surface area (Å²) in [5.74, 6) is 0. The van der Waals surface area contributed by atoms with Gasteiger partial charge in [-0.3, -0.25) is 4.79 Å². The maximum absolute atomic E-state index is 13.7. The van der Waals surface area contributed by atoms with Crippen molar-refractivity contribution in [1.29, 1.82) is 0 Å². The zero-order valence-corrected chi connectivity index (χ0v) is 14.6. The molecule has 4 nitrogen and oxygen atoms in total. The van der Waals surface area contributed by atoms with E-state index in [9.17, 15) is 9.28 Å². The zero-order valence-electron chi connectivity index (χ0n) is 14.6. The summed E-state index contributed by atoms with van der Waals surface area (Å²) in [5, 5.41) is 6.64. The third-order valence-electron chi connectivity index (χ3n) is 3.88. The van der Waals surface area contributed by atoms with Crippen molar-refractivity contribution in [3.05, 3.63) is 71.4 Å². The first kappa shape index (κ1) is 18.7. The molecule has 0 fully saturated rings. The van der Waals surface area contributed by atoms with Crippen LogP contribution in [0.4, 0.5) is 10.2 Å². The first-order valence-electron chi connectivity index (χ1n) is 8.30. The van der Waals surface area contributed by atoms with Gasteiger partial charge in [0.05, 0.1) is 5.70 Å². The number of anilines is 1. The normalized spacial score (nSPS) is 11.6. The highest BCUT2D eigenvalue weighted by Crippen LogP contribution is 2.23. The summed E-state index contributed by atoms with van der Waals surface area (Å²) >= 11 is 0. The Morgan fingerprint density at radius 3 is 2.36 bits per heavy atom. The van der Waals surface area contributed by atoms with Gasteiger partial charge in [-0.15, -0.1) is 4.48 Å². The SMILES string of the molecule is CNCCCc1ccc(N/C(=C(/C=O)N(C)F)c2ccccc2)cc1. The smallest absolute Gasteiger partial charge is 0.170 e. The molecular formula is C20H24FN3O. The van der Waals surface area contributed by atoms with Gasteiger partial charge in [-0.2, -0.15) is 0 Å². The number of benzene rings is 2. The molecule has 2 aromatic rings. The van der Waals surface area contributed by atoms with E-state index >= 15 is 0 Å². The van der Waals surface area contributed by atoms with E-state index in [0.29, 0.717) is 17.1 Å². The van der Waals surface area contributed by atoms with Crippen molar-refractivity contribution >= 4 is 17.7 Å². The summed E-state index contributed by atoms with van der Waals surface area (Å²) in [6, 6.07) is 17.2. The van der Waals surface area contributed by atoms with Crippen LogP contribution in [0.25, 0.3) is 5.70 Å². The van der Waals surface area contributed by atoms with E-state index < -0.39 is 0 Å². The van der Waals surface area contributed by atoms with Gasteiger partial charge in [0, 0.05) is 18.3 Å². The summed E-state index contributed by atoms with van der Waals surface area (Å²) in [6.45, 7) is 0.979. The second kappa shape index (κ2) is 9.59. The van der Waals surface area contributed by atoms with Crippen LogP contribution in [0, 0.1) is 0 Å². The van der Waals surface area contributed by atoms with Crippen LogP contribution in [0.3, 0.4) is 0 Å². The van der Waals surface area contributed by atoms with E-state index in [1.165, 1.54) is 12.6 Å². The zero-order chi connectivity index (χ0) is 18.1. The number of aldehydes is 1. The molecule has 0 saturated heterocycles. The van der Waals surface area contributed by atoms with Gasteiger partial charge in [-0.1, -0.05) is 42.5 Å². The molecule has 0 heterocycles. The molecule has 0 amide bonds. The third-order valence-corrected chi connectivity index (χ3v) is 3.88. The molecule has 0 aliphatic heterocycles. The second-order valence-corrected chi connectivity index (χ2v) is 5.75. The van der Waals surface area contributed by atoms with Crippen molar-refractivity contribution in [3.63, 3.8) is 0 Å². The Kier molecular flexibility index (Phi) is 7.16. The van der Waals surface area contributed by atoms with Gasteiger partial charge in [0.25, 0.3) is 0 Å². The molecule has 2 aromatic carbocycles. The molecule has 0 unspecified atom stereocenters. The highest BCUT2D eigenvalue weighted by molar-refractivity contribution is 5.91. The van der Waals surface area contributed by atoms with Crippen LogP contribution >= 0.6 is 0 Å². The Morgan fingerprint density at radius 2 is 1.80 bits per heavy atom. The summed E-state index contributed by atoms with van der Waals surface area (Å²) in [4.78, 5) is 11.4. The fourth-order valence-corrected chi connectivity index (χ4v) is 2.54. The first-order valence-corrected chi connectivity index (χ1v) is 8.30. The molecule has 132 valence electrons. The Bertz CT molecular complexity index is 697. The van der Waals surface area contributed by atoms with E-state index in [1.807, 2.05) is 61.6 Å². The largest absolute Gasteiger partial charge is 0.353 e. The predicted molar refractivity (Wildman–Crippen MR) is 101 cm³/mol. The lowest BCUT2D eigenvalue weighted by Gasteiger charge is -2.17. The number of allylic oxidation sites excluding steroid dienone is 1. The molecule has 0 saturated carbocycles. The molecule has 0 radical (unpaired) electrons. The number of halogens is 1. The van der Waals surface area contributed by atoms with Crippen molar-refractivity contribution in [3.8, 4) is 0 Å². The molecule has 0 atom stereocenters. The molecule has 0 bridgehead atoms. The van der Waals surface area contributed by atoms with Gasteiger partial charge in [0.2, 0.25) is 0 Å². The van der Waals surface area contributed by atoms with Crippen molar-refractivity contribution in [2.24, 2.45) is 0 Å². The molecule has 5 heteroatoms. The molecule has 25 heavy (non-hydrogen) atoms. The molecule has 2 rings (SSSR count). The third kappa shape index (κ3) is 5.43. The maximum Gasteiger partial charge on any atom is 0.170 e. The Balaban J connectivity index is 2.24. The number of rotatable bonds is 9. The number of nitrogens with zero attached hydrogens (tertiary/aromatic N) is 1. The van der Waals surface area contributed by atoms with Crippen molar-refractivity contribution < 1.29 is 9.28 Å². The molecule has 0 aliphatic carbocycles. The fourth-order valence-electron chi connectivity index (χ4n) is 2.54. The molecule has 2 N–H and O–H groups in total. The van der Waals surface area contributed by atoms with Crippen LogP contribution in [-0.2, 0) is 11.2 Å². The lowest BCUT2D eigenvalue weighted by molar-refractivity contribution is -0.107. The summed E-state index contributed by atoms with van der Waals surface area (Å²) in [5.41, 5.74) is 3.17. The van der Waals surface area contributed by atoms with Crippen molar-refractivity contribution in [2.45, 2.75) is 12.8 Å². The second-order valence-electron chi connectivity index (χ2n) is 5.75. The molecule has 0 aromatic heterocycles. The van der Waals surface area contributed by atoms with Crippen molar-refractivity contribution in [2.75, 3.05) is 26.0 Å². The number of nitrogens with one attached hydrogen (secondary N) is 2. The van der Waals surface area contributed by atoms with Crippen LogP contribution in [-0.4, -0.2) is 32.0 Å². The number of hydrogen-bond donors (Lipinski definition) is 2. The topological polar surface area (TPSA) is 44.4 Å². The summed E-state index contributed by atoms with van der Waals surface area (Å²) in [6.07, 6.45) is 2.58. The highest BCUT2D eigenvalue weighted by Gasteiger charge is 2.13. The number of likely N-dealkylation sites (N-methyl/N-ethyl adjacent to an activating group) is 1. The van der Waals surface area contributed by atoms with E-state index in [-0.39, 0.29) is 5.70 Å². The molecule has 0 spiro atoms. The monoisotopic (exact) mass is 341 g/mol. The van der Waals surface area contributed by atoms with Gasteiger partial charge < -0.3 is 10.6 Å². The highest BCUT2D eigenvalue weighted by atomic mass is 19.2. The lowest BCUT2D eigenvalue weighted by atomic mass is 10.1. The minimum atomic E-state index is -0.0516. The van der Waals surface area contributed by atoms with E-state index in [4.69, 9.17) is 0 Å². The van der Waals surface area contributed by atoms with Gasteiger partial charge in [0.15, 0.2) is 6.29 Å². The van der Waals surface area contributed by atoms with E-state index in [0.717, 1.165) is 30.6 Å². The number of aryl methyl sites for hydroxylation is 1. The van der Waals surface area contributed by atoms with Crippen LogP contribution in [0.1, 0.15) is 17.5 Å². The molecule has 0 aliphatic rings. The first-order chi connectivity index (χ1) is 12.2. The maximum atomic E-state index is 13.7. The minimum Gasteiger partial charge on any atom is -0.353 e. The van der Waals surface area contributed by atoms with Crippen LogP contribution in [0.5, 0.6) is 0 Å². The standard InChI is InChI=1S/C20H24FN3O/c1-22-14-6-7-16-10-12-18(13-11-16)23-20(19(15-25)24(2)21)17-8-4-3-5-9-17/h3-5,8-13,15,22-23H,6-7,14H2,1-2H3/b20-19-. The van der Waals surface area contributed by atoms with Gasteiger partial charge in [0.1, 0.15) is 5.70 Å². The average Bonchev–Trinajstić information content (AvgIpc) is 2.63. The predicted octanol–water partition coefficient (Wildman–Crippen LogP) is 3.63. The molecular weight excluding hydrogens is 317 g/mol. The van der Waals surface area contributed by atoms with Crippen LogP contribution < -0.4 is 10.6 Å². The van der Waals surface area contributed by atoms with E-state index in [2.05, 4.69) is 10.6 Å². The number of carbonyl (C=O) groups is 1. The minimum absolute atomic E-state index is 0.0516. The van der Waals surface area contributed by atoms with Gasteiger partial charge in [-0.25, -0.2) is 5.12 Å². The Hall–Kier alpha value is -2.66. The van der Waals surface area contributed by atoms with Gasteiger partial charge >= 0.3 is 0 Å². The van der Waals surface area contributed by atoms with Crippen molar-refractivity contribution in [1.82, 2.24) is 10.4 Å². The van der Waals surface area contributed by atoms with E-state index in [1.54, 1.807) is 0 Å². The quantitative estimate of drug-likeness (QED) is 0.316. The Morgan fingerprint density at radius 1 is 1.12 bits per heavy atom. The average molecular weight is 341 g/mol. The summed E-state index contributed by atoms with van der Waals surface area (Å²) < 4.78 is 13.7. The fraction of sp³-hybridized carbons (Fsp3) is 0.250. The van der Waals surface area contributed by atoms with Crippen LogP contribution in [0.15, 0.2) is 60.3 Å². The lowest BCUT2D eigenvalue weighted by Crippen LogP contribution is -2.14. The number of carbonyl (C=O) groups excluding carboxylic acids is 1. The summed E-state index contributed by atoms with van der Waals surface area (Å²) in [7, 11) is 3.15.